The van der Waals surface area contributed by atoms with Crippen LogP contribution in [0, 0.1) is 0 Å². The number of nitrogens with one attached hydrogen (secondary N) is 2. The first-order valence-corrected chi connectivity index (χ1v) is 6.89. The van der Waals surface area contributed by atoms with Gasteiger partial charge in [0.05, 0.1) is 0 Å². The van der Waals surface area contributed by atoms with Gasteiger partial charge in [-0.2, -0.15) is 0 Å². The van der Waals surface area contributed by atoms with Crippen molar-refractivity contribution < 1.29 is 14.6 Å². The van der Waals surface area contributed by atoms with Crippen molar-refractivity contribution in [2.75, 3.05) is 18.4 Å². The molecule has 5 heteroatoms. The summed E-state index contributed by atoms with van der Waals surface area (Å²) in [6.07, 6.45) is 0.516. The van der Waals surface area contributed by atoms with Crippen LogP contribution in [-0.4, -0.2) is 29.9 Å². The van der Waals surface area contributed by atoms with E-state index in [4.69, 9.17) is 4.74 Å². The van der Waals surface area contributed by atoms with Crippen LogP contribution in [0.4, 0.5) is 10.5 Å². The fourth-order valence-corrected chi connectivity index (χ4v) is 2.34. The Morgan fingerprint density at radius 3 is 2.80 bits per heavy atom. The van der Waals surface area contributed by atoms with Crippen LogP contribution in [0.2, 0.25) is 0 Å². The van der Waals surface area contributed by atoms with Crippen LogP contribution in [0.25, 0.3) is 0 Å². The lowest BCUT2D eigenvalue weighted by atomic mass is 9.96. The third kappa shape index (κ3) is 3.87. The van der Waals surface area contributed by atoms with Crippen LogP contribution in [0.15, 0.2) is 18.2 Å². The quantitative estimate of drug-likeness (QED) is 0.727. The molecule has 1 saturated heterocycles. The van der Waals surface area contributed by atoms with Crippen LogP contribution in [0.3, 0.4) is 0 Å². The molecule has 3 N–H and O–H groups in total. The number of anilines is 1. The monoisotopic (exact) mass is 278 g/mol. The largest absolute Gasteiger partial charge is 0.508 e. The summed E-state index contributed by atoms with van der Waals surface area (Å²) in [7, 11) is 0. The van der Waals surface area contributed by atoms with E-state index in [1.165, 1.54) is 0 Å². The van der Waals surface area contributed by atoms with Crippen LogP contribution in [-0.2, 0) is 4.74 Å². The van der Waals surface area contributed by atoms with E-state index < -0.39 is 11.7 Å². The second-order valence-corrected chi connectivity index (χ2v) is 6.09. The number of phenolic OH excluding ortho intramolecular Hbond substituents is 1. The van der Waals surface area contributed by atoms with Crippen LogP contribution < -0.4 is 10.6 Å². The smallest absolute Gasteiger partial charge is 0.412 e. The Balaban J connectivity index is 2.16. The number of hydrogen-bond donors (Lipinski definition) is 3. The van der Waals surface area contributed by atoms with Gasteiger partial charge in [-0.1, -0.05) is 0 Å². The van der Waals surface area contributed by atoms with Crippen molar-refractivity contribution in [2.24, 2.45) is 0 Å². The molecule has 2 rings (SSSR count). The normalized spacial score (nSPS) is 18.9. The molecule has 1 aromatic carbocycles. The van der Waals surface area contributed by atoms with Gasteiger partial charge in [0.15, 0.2) is 0 Å². The molecule has 1 atom stereocenters. The summed E-state index contributed by atoms with van der Waals surface area (Å²) in [5, 5.41) is 15.7. The van der Waals surface area contributed by atoms with Crippen molar-refractivity contribution in [3.8, 4) is 5.75 Å². The number of benzene rings is 1. The predicted molar refractivity (Wildman–Crippen MR) is 78.2 cm³/mol. The van der Waals surface area contributed by atoms with E-state index in [1.807, 2.05) is 20.8 Å². The van der Waals surface area contributed by atoms with Crippen molar-refractivity contribution in [1.29, 1.82) is 0 Å². The second kappa shape index (κ2) is 5.71. The maximum atomic E-state index is 11.9. The van der Waals surface area contributed by atoms with Crippen molar-refractivity contribution in [3.05, 3.63) is 23.8 Å². The zero-order valence-corrected chi connectivity index (χ0v) is 12.2. The third-order valence-electron chi connectivity index (χ3n) is 3.17. The Kier molecular flexibility index (Phi) is 4.18. The number of amides is 1. The highest BCUT2D eigenvalue weighted by molar-refractivity contribution is 5.86. The van der Waals surface area contributed by atoms with Crippen molar-refractivity contribution >= 4 is 11.8 Å². The fourth-order valence-electron chi connectivity index (χ4n) is 2.34. The second-order valence-electron chi connectivity index (χ2n) is 6.09. The highest BCUT2D eigenvalue weighted by atomic mass is 16.6. The van der Waals surface area contributed by atoms with E-state index in [9.17, 15) is 9.90 Å². The summed E-state index contributed by atoms with van der Waals surface area (Å²) in [4.78, 5) is 11.9. The van der Waals surface area contributed by atoms with E-state index >= 15 is 0 Å². The van der Waals surface area contributed by atoms with Gasteiger partial charge >= 0.3 is 6.09 Å². The molecule has 1 aliphatic heterocycles. The molecule has 1 amide bonds. The maximum absolute atomic E-state index is 11.9. The number of rotatable bonds is 2. The first kappa shape index (κ1) is 14.7. The Hall–Kier alpha value is -1.75. The van der Waals surface area contributed by atoms with E-state index in [0.717, 1.165) is 25.1 Å². The number of aromatic hydroxyl groups is 1. The van der Waals surface area contributed by atoms with E-state index in [0.29, 0.717) is 11.6 Å². The Morgan fingerprint density at radius 2 is 2.20 bits per heavy atom. The van der Waals surface area contributed by atoms with Gasteiger partial charge in [0.2, 0.25) is 0 Å². The average molecular weight is 278 g/mol. The van der Waals surface area contributed by atoms with Gasteiger partial charge in [-0.25, -0.2) is 4.79 Å². The lowest BCUT2D eigenvalue weighted by Gasteiger charge is -2.21. The molecule has 5 nitrogen and oxygen atoms in total. The summed E-state index contributed by atoms with van der Waals surface area (Å²) in [6.45, 7) is 7.28. The molecule has 1 aliphatic rings. The van der Waals surface area contributed by atoms with Gasteiger partial charge in [0, 0.05) is 12.2 Å². The minimum Gasteiger partial charge on any atom is -0.508 e. The predicted octanol–water partition coefficient (Wildman–Crippen LogP) is 2.82. The number of hydrogen-bond acceptors (Lipinski definition) is 4. The topological polar surface area (TPSA) is 70.6 Å². The van der Waals surface area contributed by atoms with Crippen molar-refractivity contribution in [1.82, 2.24) is 5.32 Å². The Morgan fingerprint density at radius 1 is 1.45 bits per heavy atom. The molecular formula is C15H22N2O3. The van der Waals surface area contributed by atoms with E-state index in [2.05, 4.69) is 10.6 Å². The highest BCUT2D eigenvalue weighted by Crippen LogP contribution is 2.32. The molecule has 1 aromatic rings. The number of ether oxygens (including phenoxy) is 1. The summed E-state index contributed by atoms with van der Waals surface area (Å²) in [5.41, 5.74) is 1.11. The van der Waals surface area contributed by atoms with Gasteiger partial charge < -0.3 is 15.2 Å². The first-order chi connectivity index (χ1) is 9.35. The summed E-state index contributed by atoms with van der Waals surface area (Å²) in [5.74, 6) is 0.508. The van der Waals surface area contributed by atoms with Crippen molar-refractivity contribution in [3.63, 3.8) is 0 Å². The van der Waals surface area contributed by atoms with Crippen LogP contribution >= 0.6 is 0 Å². The summed E-state index contributed by atoms with van der Waals surface area (Å²) in [6, 6.07) is 5.00. The van der Waals surface area contributed by atoms with Gasteiger partial charge in [0.25, 0.3) is 0 Å². The molecule has 0 radical (unpaired) electrons. The van der Waals surface area contributed by atoms with E-state index in [-0.39, 0.29) is 5.75 Å². The minimum absolute atomic E-state index is 0.210. The molecule has 0 aliphatic carbocycles. The molecule has 0 bridgehead atoms. The molecule has 20 heavy (non-hydrogen) atoms. The average Bonchev–Trinajstić information content (AvgIpc) is 2.82. The lowest BCUT2D eigenvalue weighted by molar-refractivity contribution is 0.0635. The zero-order chi connectivity index (χ0) is 14.8. The number of carbonyl (C=O) groups is 1. The lowest BCUT2D eigenvalue weighted by Crippen LogP contribution is -2.27. The molecule has 1 unspecified atom stereocenters. The van der Waals surface area contributed by atoms with Crippen molar-refractivity contribution in [2.45, 2.75) is 38.7 Å². The first-order valence-electron chi connectivity index (χ1n) is 6.89. The Bertz CT molecular complexity index is 488. The molecule has 0 spiro atoms. The SMILES string of the molecule is CC(C)(C)OC(=O)Nc1ccc(O)cc1C1CCNC1. The molecule has 0 saturated carbocycles. The minimum atomic E-state index is -0.532. The van der Waals surface area contributed by atoms with E-state index in [1.54, 1.807) is 18.2 Å². The molecular weight excluding hydrogens is 256 g/mol. The maximum Gasteiger partial charge on any atom is 0.412 e. The molecule has 1 fully saturated rings. The zero-order valence-electron chi connectivity index (χ0n) is 12.2. The number of carbonyl (C=O) groups excluding carboxylic acids is 1. The van der Waals surface area contributed by atoms with Gasteiger partial charge in [-0.05, 0) is 63.4 Å². The number of phenols is 1. The van der Waals surface area contributed by atoms with Gasteiger partial charge in [0.1, 0.15) is 11.4 Å². The molecule has 0 aromatic heterocycles. The summed E-state index contributed by atoms with van der Waals surface area (Å²) < 4.78 is 5.26. The van der Waals surface area contributed by atoms with Gasteiger partial charge in [-0.15, -0.1) is 0 Å². The van der Waals surface area contributed by atoms with Crippen LogP contribution in [0.5, 0.6) is 5.75 Å². The third-order valence-corrected chi connectivity index (χ3v) is 3.17. The summed E-state index contributed by atoms with van der Waals surface area (Å²) >= 11 is 0. The van der Waals surface area contributed by atoms with Crippen LogP contribution in [0.1, 0.15) is 38.7 Å². The van der Waals surface area contributed by atoms with Gasteiger partial charge in [-0.3, -0.25) is 5.32 Å². The Labute approximate surface area is 119 Å². The molecule has 110 valence electrons. The fraction of sp³-hybridized carbons (Fsp3) is 0.533. The standard InChI is InChI=1S/C15H22N2O3/c1-15(2,3)20-14(19)17-13-5-4-11(18)8-12(13)10-6-7-16-9-10/h4-5,8,10,16,18H,6-7,9H2,1-3H3,(H,17,19). The molecule has 1 heterocycles. The highest BCUT2D eigenvalue weighted by Gasteiger charge is 2.22.